The minimum Gasteiger partial charge on any atom is -0.369 e. The van der Waals surface area contributed by atoms with Gasteiger partial charge in [0.05, 0.1) is 0 Å². The Morgan fingerprint density at radius 1 is 1.37 bits per heavy atom. The molecule has 1 N–H and O–H groups in total. The minimum atomic E-state index is -0.648. The van der Waals surface area contributed by atoms with Crippen molar-refractivity contribution in [3.05, 3.63) is 28.8 Å². The molecule has 1 aliphatic heterocycles. The van der Waals surface area contributed by atoms with Crippen LogP contribution < -0.4 is 10.2 Å². The summed E-state index contributed by atoms with van der Waals surface area (Å²) in [6, 6.07) is 6.46. The van der Waals surface area contributed by atoms with Crippen molar-refractivity contribution in [2.45, 2.75) is 26.4 Å². The van der Waals surface area contributed by atoms with E-state index in [1.54, 1.807) is 0 Å². The first-order valence-corrected chi connectivity index (χ1v) is 8.55. The Morgan fingerprint density at radius 2 is 2.05 bits per heavy atom. The van der Waals surface area contributed by atoms with E-state index in [-0.39, 0.29) is 0 Å². The molecule has 0 saturated carbocycles. The van der Waals surface area contributed by atoms with Crippen LogP contribution in [-0.2, 0) is 17.3 Å². The highest BCUT2D eigenvalue weighted by molar-refractivity contribution is 7.85. The Hall–Kier alpha value is -0.580. The van der Waals surface area contributed by atoms with Gasteiger partial charge in [-0.1, -0.05) is 31.5 Å². The monoisotopic (exact) mass is 300 g/mol. The van der Waals surface area contributed by atoms with Crippen molar-refractivity contribution in [1.82, 2.24) is 5.32 Å². The maximum atomic E-state index is 11.5. The van der Waals surface area contributed by atoms with Gasteiger partial charge in [-0.15, -0.1) is 0 Å². The van der Waals surface area contributed by atoms with E-state index in [4.69, 9.17) is 11.6 Å². The lowest BCUT2D eigenvalue weighted by Crippen LogP contribution is -2.38. The van der Waals surface area contributed by atoms with Crippen LogP contribution in [0.25, 0.3) is 0 Å². The number of hydrogen-bond acceptors (Lipinski definition) is 3. The van der Waals surface area contributed by atoms with Crippen LogP contribution in [0, 0.1) is 0 Å². The number of halogens is 1. The third-order valence-electron chi connectivity index (χ3n) is 3.30. The van der Waals surface area contributed by atoms with Gasteiger partial charge in [-0.3, -0.25) is 4.21 Å². The molecule has 19 heavy (non-hydrogen) atoms. The lowest BCUT2D eigenvalue weighted by atomic mass is 10.1. The van der Waals surface area contributed by atoms with Crippen molar-refractivity contribution in [2.24, 2.45) is 0 Å². The van der Waals surface area contributed by atoms with Gasteiger partial charge in [0.1, 0.15) is 0 Å². The molecule has 0 spiro atoms. The normalized spacial score (nSPS) is 17.2. The predicted molar refractivity (Wildman–Crippen MR) is 83.5 cm³/mol. The van der Waals surface area contributed by atoms with Crippen LogP contribution in [0.4, 0.5) is 5.69 Å². The quantitative estimate of drug-likeness (QED) is 0.927. The van der Waals surface area contributed by atoms with Crippen LogP contribution in [0.3, 0.4) is 0 Å². The second-order valence-electron chi connectivity index (χ2n) is 5.11. The van der Waals surface area contributed by atoms with Crippen LogP contribution in [-0.4, -0.2) is 34.8 Å². The van der Waals surface area contributed by atoms with Crippen LogP contribution in [0.1, 0.15) is 19.4 Å². The van der Waals surface area contributed by atoms with Crippen LogP contribution >= 0.6 is 11.6 Å². The summed E-state index contributed by atoms with van der Waals surface area (Å²) in [4.78, 5) is 2.30. The van der Waals surface area contributed by atoms with E-state index in [2.05, 4.69) is 30.1 Å². The Morgan fingerprint density at radius 3 is 2.68 bits per heavy atom. The van der Waals surface area contributed by atoms with Crippen LogP contribution in [0.15, 0.2) is 18.2 Å². The minimum absolute atomic E-state index is 0.429. The highest BCUT2D eigenvalue weighted by Crippen LogP contribution is 2.28. The molecule has 1 aromatic carbocycles. The van der Waals surface area contributed by atoms with Crippen molar-refractivity contribution in [2.75, 3.05) is 29.5 Å². The number of anilines is 1. The zero-order valence-electron chi connectivity index (χ0n) is 11.5. The first kappa shape index (κ1) is 14.8. The number of rotatable bonds is 4. The molecule has 1 saturated heterocycles. The molecule has 1 aliphatic rings. The van der Waals surface area contributed by atoms with Crippen molar-refractivity contribution in [3.8, 4) is 0 Å². The summed E-state index contributed by atoms with van der Waals surface area (Å²) in [5.41, 5.74) is 2.32. The summed E-state index contributed by atoms with van der Waals surface area (Å²) in [7, 11) is -0.648. The fraction of sp³-hybridized carbons (Fsp3) is 0.571. The molecule has 1 aromatic rings. The van der Waals surface area contributed by atoms with E-state index < -0.39 is 10.8 Å². The molecule has 5 heteroatoms. The SMILES string of the molecule is CC(C)NCc1c(Cl)cccc1N1CCS(=O)CC1. The van der Waals surface area contributed by atoms with Gasteiger partial charge in [0, 0.05) is 64.3 Å². The summed E-state index contributed by atoms with van der Waals surface area (Å²) in [6.45, 7) is 6.72. The molecule has 0 unspecified atom stereocenters. The number of nitrogens with one attached hydrogen (secondary N) is 1. The number of benzene rings is 1. The van der Waals surface area contributed by atoms with Crippen LogP contribution in [0.5, 0.6) is 0 Å². The Balaban J connectivity index is 2.19. The molecular weight excluding hydrogens is 280 g/mol. The zero-order chi connectivity index (χ0) is 13.8. The summed E-state index contributed by atoms with van der Waals surface area (Å²) < 4.78 is 11.5. The molecule has 0 radical (unpaired) electrons. The van der Waals surface area contributed by atoms with E-state index in [0.29, 0.717) is 6.04 Å². The second-order valence-corrected chi connectivity index (χ2v) is 7.21. The van der Waals surface area contributed by atoms with E-state index >= 15 is 0 Å². The van der Waals surface area contributed by atoms with Gasteiger partial charge < -0.3 is 10.2 Å². The van der Waals surface area contributed by atoms with Gasteiger partial charge in [-0.2, -0.15) is 0 Å². The van der Waals surface area contributed by atoms with Crippen molar-refractivity contribution in [3.63, 3.8) is 0 Å². The summed E-state index contributed by atoms with van der Waals surface area (Å²) in [5, 5.41) is 4.22. The maximum Gasteiger partial charge on any atom is 0.0471 e. The van der Waals surface area contributed by atoms with Crippen LogP contribution in [0.2, 0.25) is 5.02 Å². The van der Waals surface area contributed by atoms with Gasteiger partial charge in [0.25, 0.3) is 0 Å². The van der Waals surface area contributed by atoms with E-state index in [0.717, 1.165) is 41.7 Å². The second kappa shape index (κ2) is 6.73. The van der Waals surface area contributed by atoms with E-state index in [1.807, 2.05) is 12.1 Å². The molecule has 0 aromatic heterocycles. The van der Waals surface area contributed by atoms with Gasteiger partial charge >= 0.3 is 0 Å². The Bertz CT molecular complexity index is 455. The van der Waals surface area contributed by atoms with Gasteiger partial charge in [0.2, 0.25) is 0 Å². The molecule has 0 amide bonds. The molecule has 0 bridgehead atoms. The van der Waals surface area contributed by atoms with Gasteiger partial charge in [-0.25, -0.2) is 0 Å². The first-order valence-electron chi connectivity index (χ1n) is 6.68. The van der Waals surface area contributed by atoms with Crippen molar-refractivity contribution < 1.29 is 4.21 Å². The zero-order valence-corrected chi connectivity index (χ0v) is 13.1. The summed E-state index contributed by atoms with van der Waals surface area (Å²) >= 11 is 6.33. The topological polar surface area (TPSA) is 32.3 Å². The molecule has 0 atom stereocenters. The molecule has 1 heterocycles. The van der Waals surface area contributed by atoms with Crippen molar-refractivity contribution >= 4 is 28.1 Å². The number of nitrogens with zero attached hydrogens (tertiary/aromatic N) is 1. The highest BCUT2D eigenvalue weighted by Gasteiger charge is 2.19. The maximum absolute atomic E-state index is 11.5. The third-order valence-corrected chi connectivity index (χ3v) is 4.93. The predicted octanol–water partition coefficient (Wildman–Crippen LogP) is 2.41. The van der Waals surface area contributed by atoms with E-state index in [1.165, 1.54) is 5.69 Å². The summed E-state index contributed by atoms with van der Waals surface area (Å²) in [5.74, 6) is 1.51. The molecule has 106 valence electrons. The lowest BCUT2D eigenvalue weighted by molar-refractivity contribution is 0.588. The smallest absolute Gasteiger partial charge is 0.0471 e. The van der Waals surface area contributed by atoms with E-state index in [9.17, 15) is 4.21 Å². The fourth-order valence-electron chi connectivity index (χ4n) is 2.20. The Labute approximate surface area is 122 Å². The van der Waals surface area contributed by atoms with Gasteiger partial charge in [0.15, 0.2) is 0 Å². The lowest BCUT2D eigenvalue weighted by Gasteiger charge is -2.31. The van der Waals surface area contributed by atoms with Gasteiger partial charge in [-0.05, 0) is 12.1 Å². The first-order chi connectivity index (χ1) is 9.08. The molecule has 0 aliphatic carbocycles. The summed E-state index contributed by atoms with van der Waals surface area (Å²) in [6.07, 6.45) is 0. The largest absolute Gasteiger partial charge is 0.369 e. The fourth-order valence-corrected chi connectivity index (χ4v) is 3.49. The molecule has 3 nitrogen and oxygen atoms in total. The standard InChI is InChI=1S/C14H21ClN2OS/c1-11(2)16-10-12-13(15)4-3-5-14(12)17-6-8-19(18)9-7-17/h3-5,11,16H,6-10H2,1-2H3. The Kier molecular flexibility index (Phi) is 5.25. The number of hydrogen-bond donors (Lipinski definition) is 1. The van der Waals surface area contributed by atoms with Crippen molar-refractivity contribution in [1.29, 1.82) is 0 Å². The highest BCUT2D eigenvalue weighted by atomic mass is 35.5. The molecular formula is C14H21ClN2OS. The third kappa shape index (κ3) is 3.94. The molecule has 1 fully saturated rings. The molecule has 2 rings (SSSR count). The average Bonchev–Trinajstić information content (AvgIpc) is 2.38. The average molecular weight is 301 g/mol.